The van der Waals surface area contributed by atoms with Crippen LogP contribution in [0, 0.1) is 0 Å². The molecular weight excluding hydrogens is 285 g/mol. The van der Waals surface area contributed by atoms with Crippen molar-refractivity contribution in [2.45, 2.75) is 25.9 Å². The van der Waals surface area contributed by atoms with E-state index in [0.29, 0.717) is 12.1 Å². The van der Waals surface area contributed by atoms with E-state index >= 15 is 0 Å². The third-order valence-corrected chi connectivity index (χ3v) is 2.66. The number of nitrogens with one attached hydrogen (secondary N) is 2. The van der Waals surface area contributed by atoms with Crippen LogP contribution < -0.4 is 10.6 Å². The summed E-state index contributed by atoms with van der Waals surface area (Å²) in [4.78, 5) is 22.8. The second kappa shape index (κ2) is 7.66. The highest BCUT2D eigenvalue weighted by Crippen LogP contribution is 2.29. The molecule has 0 aliphatic rings. The number of carbonyl (C=O) groups excluding carboxylic acids is 2. The Kier molecular flexibility index (Phi) is 6.20. The van der Waals surface area contributed by atoms with Crippen LogP contribution in [0.3, 0.4) is 0 Å². The Balaban J connectivity index is 2.43. The number of amides is 2. The number of hydrogen-bond donors (Lipinski definition) is 2. The van der Waals surface area contributed by atoms with Gasteiger partial charge in [0, 0.05) is 6.54 Å². The molecule has 0 aliphatic heterocycles. The van der Waals surface area contributed by atoms with Crippen LogP contribution in [0.15, 0.2) is 24.3 Å². The molecular formula is C14H17F3N2O2. The first-order valence-corrected chi connectivity index (χ1v) is 6.52. The highest BCUT2D eigenvalue weighted by molar-refractivity contribution is 5.85. The van der Waals surface area contributed by atoms with E-state index in [-0.39, 0.29) is 18.9 Å². The number of alkyl halides is 3. The van der Waals surface area contributed by atoms with Crippen molar-refractivity contribution in [2.75, 3.05) is 13.1 Å². The fraction of sp³-hybridized carbons (Fsp3) is 0.429. The fourth-order valence-corrected chi connectivity index (χ4v) is 1.57. The van der Waals surface area contributed by atoms with E-state index in [1.54, 1.807) is 0 Å². The lowest BCUT2D eigenvalue weighted by Gasteiger charge is -2.08. The predicted molar refractivity (Wildman–Crippen MR) is 71.5 cm³/mol. The van der Waals surface area contributed by atoms with E-state index < -0.39 is 17.6 Å². The molecule has 2 N–H and O–H groups in total. The summed E-state index contributed by atoms with van der Waals surface area (Å²) in [5.41, 5.74) is -0.305. The van der Waals surface area contributed by atoms with Crippen LogP contribution in [-0.4, -0.2) is 24.9 Å². The van der Waals surface area contributed by atoms with Crippen LogP contribution in [-0.2, 0) is 22.2 Å². The molecule has 0 radical (unpaired) electrons. The summed E-state index contributed by atoms with van der Waals surface area (Å²) in [7, 11) is 0. The largest absolute Gasteiger partial charge is 0.416 e. The minimum absolute atomic E-state index is 0.0702. The van der Waals surface area contributed by atoms with E-state index in [9.17, 15) is 22.8 Å². The van der Waals surface area contributed by atoms with E-state index in [1.807, 2.05) is 6.92 Å². The second-order valence-electron chi connectivity index (χ2n) is 4.50. The predicted octanol–water partition coefficient (Wildman–Crippen LogP) is 1.89. The van der Waals surface area contributed by atoms with E-state index in [4.69, 9.17) is 0 Å². The van der Waals surface area contributed by atoms with Crippen molar-refractivity contribution in [3.05, 3.63) is 35.4 Å². The van der Waals surface area contributed by atoms with Crippen LogP contribution in [0.2, 0.25) is 0 Å². The zero-order chi connectivity index (χ0) is 15.9. The van der Waals surface area contributed by atoms with Crippen molar-refractivity contribution in [1.29, 1.82) is 0 Å². The summed E-state index contributed by atoms with van der Waals surface area (Å²) in [6.45, 7) is 2.30. The van der Waals surface area contributed by atoms with Crippen molar-refractivity contribution >= 4 is 11.8 Å². The normalized spacial score (nSPS) is 11.0. The molecule has 0 bridgehead atoms. The van der Waals surface area contributed by atoms with Gasteiger partial charge in [-0.15, -0.1) is 0 Å². The van der Waals surface area contributed by atoms with Gasteiger partial charge in [0.2, 0.25) is 11.8 Å². The number of halogens is 3. The van der Waals surface area contributed by atoms with Gasteiger partial charge in [-0.05, 0) is 24.1 Å². The van der Waals surface area contributed by atoms with Gasteiger partial charge >= 0.3 is 6.18 Å². The van der Waals surface area contributed by atoms with Crippen LogP contribution in [0.4, 0.5) is 13.2 Å². The van der Waals surface area contributed by atoms with Crippen LogP contribution >= 0.6 is 0 Å². The fourth-order valence-electron chi connectivity index (χ4n) is 1.57. The molecule has 0 atom stereocenters. The SMILES string of the molecule is CCCNC(=O)CNC(=O)Cc1ccc(C(F)(F)F)cc1. The first-order chi connectivity index (χ1) is 9.82. The second-order valence-corrected chi connectivity index (χ2v) is 4.50. The lowest BCUT2D eigenvalue weighted by atomic mass is 10.1. The molecule has 0 saturated heterocycles. The van der Waals surface area contributed by atoms with Crippen molar-refractivity contribution in [3.8, 4) is 0 Å². The van der Waals surface area contributed by atoms with Crippen LogP contribution in [0.25, 0.3) is 0 Å². The van der Waals surface area contributed by atoms with Crippen LogP contribution in [0.5, 0.6) is 0 Å². The standard InChI is InChI=1S/C14H17F3N2O2/c1-2-7-18-13(21)9-19-12(20)8-10-3-5-11(6-4-10)14(15,16)17/h3-6H,2,7-9H2,1H3,(H,18,21)(H,19,20). The molecule has 0 aliphatic carbocycles. The van der Waals surface area contributed by atoms with Crippen LogP contribution in [0.1, 0.15) is 24.5 Å². The highest BCUT2D eigenvalue weighted by Gasteiger charge is 2.29. The Hall–Kier alpha value is -2.05. The summed E-state index contributed by atoms with van der Waals surface area (Å²) in [6, 6.07) is 4.35. The van der Waals surface area contributed by atoms with Crippen molar-refractivity contribution < 1.29 is 22.8 Å². The molecule has 1 aromatic rings. The van der Waals surface area contributed by atoms with Gasteiger partial charge in [0.1, 0.15) is 0 Å². The zero-order valence-corrected chi connectivity index (χ0v) is 11.6. The molecule has 116 valence electrons. The first kappa shape index (κ1) is 17.0. The van der Waals surface area contributed by atoms with Gasteiger partial charge in [-0.25, -0.2) is 0 Å². The monoisotopic (exact) mass is 302 g/mol. The maximum absolute atomic E-state index is 12.4. The van der Waals surface area contributed by atoms with Gasteiger partial charge in [0.25, 0.3) is 0 Å². The van der Waals surface area contributed by atoms with Crippen molar-refractivity contribution in [2.24, 2.45) is 0 Å². The maximum atomic E-state index is 12.4. The molecule has 1 aromatic carbocycles. The molecule has 21 heavy (non-hydrogen) atoms. The lowest BCUT2D eigenvalue weighted by molar-refractivity contribution is -0.137. The number of carbonyl (C=O) groups is 2. The third-order valence-electron chi connectivity index (χ3n) is 2.66. The summed E-state index contributed by atoms with van der Waals surface area (Å²) < 4.78 is 37.1. The highest BCUT2D eigenvalue weighted by atomic mass is 19.4. The Morgan fingerprint density at radius 2 is 1.67 bits per heavy atom. The topological polar surface area (TPSA) is 58.2 Å². The lowest BCUT2D eigenvalue weighted by Crippen LogP contribution is -2.37. The van der Waals surface area contributed by atoms with Crippen molar-refractivity contribution in [1.82, 2.24) is 10.6 Å². The van der Waals surface area contributed by atoms with E-state index in [1.165, 1.54) is 12.1 Å². The molecule has 0 heterocycles. The number of rotatable bonds is 6. The summed E-state index contributed by atoms with van der Waals surface area (Å²) in [5.74, 6) is -0.709. The van der Waals surface area contributed by atoms with Gasteiger partial charge in [-0.2, -0.15) is 13.2 Å². The average Bonchev–Trinajstić information content (AvgIpc) is 2.42. The smallest absolute Gasteiger partial charge is 0.355 e. The molecule has 0 saturated carbocycles. The summed E-state index contributed by atoms with van der Waals surface area (Å²) in [6.07, 6.45) is -3.66. The zero-order valence-electron chi connectivity index (χ0n) is 11.6. The van der Waals surface area contributed by atoms with Gasteiger partial charge in [-0.1, -0.05) is 19.1 Å². The Morgan fingerprint density at radius 3 is 2.19 bits per heavy atom. The van der Waals surface area contributed by atoms with E-state index in [0.717, 1.165) is 18.6 Å². The summed E-state index contributed by atoms with van der Waals surface area (Å²) >= 11 is 0. The van der Waals surface area contributed by atoms with Gasteiger partial charge in [0.05, 0.1) is 18.5 Å². The molecule has 7 heteroatoms. The minimum atomic E-state index is -4.39. The quantitative estimate of drug-likeness (QED) is 0.843. The number of hydrogen-bond acceptors (Lipinski definition) is 2. The number of benzene rings is 1. The third kappa shape index (κ3) is 6.29. The molecule has 0 aromatic heterocycles. The molecule has 2 amide bonds. The first-order valence-electron chi connectivity index (χ1n) is 6.52. The Morgan fingerprint density at radius 1 is 1.05 bits per heavy atom. The Labute approximate surface area is 120 Å². The van der Waals surface area contributed by atoms with Gasteiger partial charge in [-0.3, -0.25) is 9.59 Å². The minimum Gasteiger partial charge on any atom is -0.355 e. The molecule has 0 spiro atoms. The van der Waals surface area contributed by atoms with E-state index in [2.05, 4.69) is 10.6 Å². The molecule has 1 rings (SSSR count). The Bertz CT molecular complexity index is 484. The van der Waals surface area contributed by atoms with Crippen molar-refractivity contribution in [3.63, 3.8) is 0 Å². The molecule has 0 unspecified atom stereocenters. The summed E-state index contributed by atoms with van der Waals surface area (Å²) in [5, 5.41) is 5.01. The molecule has 4 nitrogen and oxygen atoms in total. The van der Waals surface area contributed by atoms with Gasteiger partial charge < -0.3 is 10.6 Å². The van der Waals surface area contributed by atoms with Gasteiger partial charge in [0.15, 0.2) is 0 Å². The maximum Gasteiger partial charge on any atom is 0.416 e. The molecule has 0 fully saturated rings. The average molecular weight is 302 g/mol.